The topological polar surface area (TPSA) is 112 Å². The van der Waals surface area contributed by atoms with E-state index in [0.717, 1.165) is 40.9 Å². The monoisotopic (exact) mass is 480 g/mol. The van der Waals surface area contributed by atoms with Gasteiger partial charge in [0.15, 0.2) is 11.7 Å². The van der Waals surface area contributed by atoms with Crippen LogP contribution in [0.5, 0.6) is 11.5 Å². The summed E-state index contributed by atoms with van der Waals surface area (Å²) >= 11 is 0. The summed E-state index contributed by atoms with van der Waals surface area (Å²) in [4.78, 5) is 30.1. The largest absolute Gasteiger partial charge is 0.456 e. The Morgan fingerprint density at radius 1 is 1.14 bits per heavy atom. The Hall–Kier alpha value is -4.73. The van der Waals surface area contributed by atoms with E-state index < -0.39 is 0 Å². The molecule has 1 fully saturated rings. The lowest BCUT2D eigenvalue weighted by atomic mass is 10.0. The smallest absolute Gasteiger partial charge is 0.245 e. The number of benzene rings is 1. The summed E-state index contributed by atoms with van der Waals surface area (Å²) < 4.78 is 5.85. The van der Waals surface area contributed by atoms with Gasteiger partial charge < -0.3 is 19.9 Å². The van der Waals surface area contributed by atoms with Gasteiger partial charge in [0.25, 0.3) is 0 Å². The number of likely N-dealkylation sites (tertiary alicyclic amines) is 1. The highest BCUT2D eigenvalue weighted by Gasteiger charge is 2.32. The molecule has 3 aromatic heterocycles. The fraction of sp³-hybridized carbons (Fsp3) is 0.192. The minimum absolute atomic E-state index is 0.0359. The van der Waals surface area contributed by atoms with Gasteiger partial charge in [-0.1, -0.05) is 6.58 Å². The minimum atomic E-state index is -0.0359. The SMILES string of the molecule is C=CC(=O)N1CCC(N2N=C(Nc3ccc(Oc4cccnc4)cc3)c3c[nH]c4ncnc2c34)CC1. The Kier molecular flexibility index (Phi) is 5.53. The van der Waals surface area contributed by atoms with E-state index in [1.54, 1.807) is 18.7 Å². The molecule has 0 radical (unpaired) electrons. The first-order valence-electron chi connectivity index (χ1n) is 11.8. The highest BCUT2D eigenvalue weighted by atomic mass is 16.5. The van der Waals surface area contributed by atoms with Crippen molar-refractivity contribution >= 4 is 34.3 Å². The van der Waals surface area contributed by atoms with Crippen LogP contribution in [0.15, 0.2) is 79.1 Å². The summed E-state index contributed by atoms with van der Waals surface area (Å²) in [5, 5.41) is 11.3. The molecule has 0 aliphatic carbocycles. The van der Waals surface area contributed by atoms with Crippen molar-refractivity contribution in [3.63, 3.8) is 0 Å². The maximum Gasteiger partial charge on any atom is 0.245 e. The van der Waals surface area contributed by atoms with Crippen LogP contribution in [0.1, 0.15) is 18.4 Å². The number of H-pyrrole nitrogens is 1. The number of nitrogens with zero attached hydrogens (tertiary/aromatic N) is 6. The number of nitrogens with one attached hydrogen (secondary N) is 2. The number of aromatic amines is 1. The van der Waals surface area contributed by atoms with Gasteiger partial charge in [-0.25, -0.2) is 15.0 Å². The van der Waals surface area contributed by atoms with E-state index in [2.05, 4.69) is 31.8 Å². The number of hydrogen-bond donors (Lipinski definition) is 2. The van der Waals surface area contributed by atoms with E-state index in [9.17, 15) is 4.79 Å². The van der Waals surface area contributed by atoms with Crippen molar-refractivity contribution in [1.82, 2.24) is 24.8 Å². The molecule has 0 unspecified atom stereocenters. The van der Waals surface area contributed by atoms with Crippen molar-refractivity contribution in [3.05, 3.63) is 79.5 Å². The molecule has 6 rings (SSSR count). The Morgan fingerprint density at radius 2 is 1.97 bits per heavy atom. The van der Waals surface area contributed by atoms with Gasteiger partial charge >= 0.3 is 0 Å². The van der Waals surface area contributed by atoms with E-state index in [0.29, 0.717) is 30.4 Å². The van der Waals surface area contributed by atoms with Crippen LogP contribution < -0.4 is 15.1 Å². The van der Waals surface area contributed by atoms with Crippen LogP contribution in [-0.4, -0.2) is 55.7 Å². The second kappa shape index (κ2) is 9.14. The van der Waals surface area contributed by atoms with Gasteiger partial charge in [0, 0.05) is 36.7 Å². The second-order valence-corrected chi connectivity index (χ2v) is 8.62. The summed E-state index contributed by atoms with van der Waals surface area (Å²) in [6.45, 7) is 4.90. The van der Waals surface area contributed by atoms with Gasteiger partial charge in [-0.05, 0) is 55.3 Å². The number of rotatable bonds is 5. The van der Waals surface area contributed by atoms with Crippen LogP contribution in [0.4, 0.5) is 11.5 Å². The molecule has 4 aromatic rings. The number of piperidine rings is 1. The molecular formula is C26H24N8O2. The summed E-state index contributed by atoms with van der Waals surface area (Å²) in [6, 6.07) is 11.5. The van der Waals surface area contributed by atoms with Gasteiger partial charge in [0.05, 0.1) is 17.6 Å². The van der Waals surface area contributed by atoms with E-state index in [1.807, 2.05) is 52.5 Å². The van der Waals surface area contributed by atoms with Crippen molar-refractivity contribution < 1.29 is 9.53 Å². The number of hydrogen-bond acceptors (Lipinski definition) is 8. The molecule has 2 aliphatic rings. The summed E-state index contributed by atoms with van der Waals surface area (Å²) in [7, 11) is 0. The first-order valence-corrected chi connectivity index (χ1v) is 11.8. The van der Waals surface area contributed by atoms with Crippen LogP contribution in [0.3, 0.4) is 0 Å². The number of amides is 1. The maximum atomic E-state index is 12.0. The van der Waals surface area contributed by atoms with E-state index in [-0.39, 0.29) is 11.9 Å². The van der Waals surface area contributed by atoms with Gasteiger partial charge in [-0.15, -0.1) is 0 Å². The molecular weight excluding hydrogens is 456 g/mol. The van der Waals surface area contributed by atoms with Crippen LogP contribution in [0.25, 0.3) is 11.0 Å². The molecule has 0 bridgehead atoms. The first kappa shape index (κ1) is 21.8. The first-order chi connectivity index (χ1) is 17.7. The molecule has 1 saturated heterocycles. The number of pyridine rings is 1. The predicted octanol–water partition coefficient (Wildman–Crippen LogP) is 3.92. The van der Waals surface area contributed by atoms with Gasteiger partial charge in [-0.3, -0.25) is 9.78 Å². The number of hydrazone groups is 1. The number of aromatic nitrogens is 4. The molecule has 10 heteroatoms. The summed E-state index contributed by atoms with van der Waals surface area (Å²) in [5.74, 6) is 2.83. The molecule has 0 saturated carbocycles. The van der Waals surface area contributed by atoms with E-state index >= 15 is 0 Å². The van der Waals surface area contributed by atoms with Crippen molar-refractivity contribution in [2.24, 2.45) is 5.10 Å². The Balaban J connectivity index is 1.26. The fourth-order valence-corrected chi connectivity index (χ4v) is 4.61. The second-order valence-electron chi connectivity index (χ2n) is 8.62. The average molecular weight is 481 g/mol. The van der Waals surface area contributed by atoms with E-state index in [1.165, 1.54) is 6.08 Å². The number of anilines is 2. The van der Waals surface area contributed by atoms with Gasteiger partial charge in [0.2, 0.25) is 5.91 Å². The van der Waals surface area contributed by atoms with E-state index in [4.69, 9.17) is 9.84 Å². The van der Waals surface area contributed by atoms with Gasteiger partial charge in [-0.2, -0.15) is 5.10 Å². The number of ether oxygens (including phenoxy) is 1. The molecule has 5 heterocycles. The van der Waals surface area contributed by atoms with Crippen LogP contribution in [-0.2, 0) is 4.79 Å². The van der Waals surface area contributed by atoms with Crippen molar-refractivity contribution in [1.29, 1.82) is 0 Å². The lowest BCUT2D eigenvalue weighted by molar-refractivity contribution is -0.127. The number of amidine groups is 1. The zero-order chi connectivity index (χ0) is 24.5. The lowest BCUT2D eigenvalue weighted by Crippen LogP contribution is -2.46. The molecule has 10 nitrogen and oxygen atoms in total. The normalized spacial score (nSPS) is 15.5. The lowest BCUT2D eigenvalue weighted by Gasteiger charge is -2.37. The molecule has 2 aliphatic heterocycles. The predicted molar refractivity (Wildman–Crippen MR) is 137 cm³/mol. The van der Waals surface area contributed by atoms with Crippen LogP contribution in [0.2, 0.25) is 0 Å². The Labute approximate surface area is 207 Å². The Bertz CT molecular complexity index is 1440. The zero-order valence-electron chi connectivity index (χ0n) is 19.5. The quantitative estimate of drug-likeness (QED) is 0.417. The maximum absolute atomic E-state index is 12.0. The number of carbonyl (C=O) groups is 1. The molecule has 1 aromatic carbocycles. The van der Waals surface area contributed by atoms with Crippen molar-refractivity contribution in [2.45, 2.75) is 18.9 Å². The van der Waals surface area contributed by atoms with Crippen molar-refractivity contribution in [2.75, 3.05) is 23.4 Å². The third kappa shape index (κ3) is 4.02. The molecule has 0 spiro atoms. The molecule has 0 atom stereocenters. The molecule has 1 amide bonds. The molecule has 36 heavy (non-hydrogen) atoms. The summed E-state index contributed by atoms with van der Waals surface area (Å²) in [6.07, 6.45) is 9.76. The molecule has 180 valence electrons. The third-order valence-corrected chi connectivity index (χ3v) is 6.41. The third-order valence-electron chi connectivity index (χ3n) is 6.41. The highest BCUT2D eigenvalue weighted by molar-refractivity contribution is 6.19. The van der Waals surface area contributed by atoms with Gasteiger partial charge in [0.1, 0.15) is 23.5 Å². The highest BCUT2D eigenvalue weighted by Crippen LogP contribution is 2.35. The number of carbonyl (C=O) groups excluding carboxylic acids is 1. The summed E-state index contributed by atoms with van der Waals surface area (Å²) in [5.41, 5.74) is 2.54. The van der Waals surface area contributed by atoms with Crippen molar-refractivity contribution in [3.8, 4) is 11.5 Å². The molecule has 2 N–H and O–H groups in total. The fourth-order valence-electron chi connectivity index (χ4n) is 4.61. The van der Waals surface area contributed by atoms with Crippen LogP contribution >= 0.6 is 0 Å². The zero-order valence-corrected chi connectivity index (χ0v) is 19.5. The average Bonchev–Trinajstić information content (AvgIpc) is 3.37. The Morgan fingerprint density at radius 3 is 2.72 bits per heavy atom. The van der Waals surface area contributed by atoms with Crippen LogP contribution in [0, 0.1) is 0 Å². The minimum Gasteiger partial charge on any atom is -0.456 e. The standard InChI is InChI=1S/C26H24N8O2/c1-2-22(35)33-12-9-18(10-13-33)34-26-23-21(15-28-25(23)29-16-30-26)24(32-34)31-17-5-7-19(8-6-17)36-20-4-3-11-27-14-20/h2-8,11,14-16,18H,1,9-10,12-13H2,(H,31,32)(H,28,29,30).